The monoisotopic (exact) mass is 417 g/mol. The van der Waals surface area contributed by atoms with E-state index in [1.807, 2.05) is 6.92 Å². The van der Waals surface area contributed by atoms with Crippen LogP contribution >= 0.6 is 7.82 Å². The van der Waals surface area contributed by atoms with E-state index >= 15 is 0 Å². The number of phosphoric ester groups is 1. The van der Waals surface area contributed by atoms with Crippen molar-refractivity contribution in [2.45, 2.75) is 12.3 Å². The molecule has 0 aliphatic carbocycles. The Morgan fingerprint density at radius 3 is 2.69 bits per heavy atom. The van der Waals surface area contributed by atoms with Crippen LogP contribution in [0.15, 0.2) is 41.4 Å². The predicted molar refractivity (Wildman–Crippen MR) is 99.7 cm³/mol. The number of phosphoric acid groups is 1. The number of aliphatic imine (C=N–C) groups is 1. The third-order valence-corrected chi connectivity index (χ3v) is 5.93. The molecule has 9 nitrogen and oxygen atoms in total. The van der Waals surface area contributed by atoms with Crippen LogP contribution in [0.1, 0.15) is 18.1 Å². The average molecular weight is 417 g/mol. The topological polar surface area (TPSA) is 124 Å². The summed E-state index contributed by atoms with van der Waals surface area (Å²) in [6.07, 6.45) is 0. The Morgan fingerprint density at radius 1 is 1.17 bits per heavy atom. The van der Waals surface area contributed by atoms with Crippen molar-refractivity contribution in [3.63, 3.8) is 0 Å². The van der Waals surface area contributed by atoms with E-state index in [1.165, 1.54) is 12.1 Å². The fourth-order valence-corrected chi connectivity index (χ4v) is 4.59. The molecular weight excluding hydrogens is 401 g/mol. The van der Waals surface area contributed by atoms with E-state index in [0.717, 1.165) is 5.56 Å². The van der Waals surface area contributed by atoms with Crippen LogP contribution in [0, 0.1) is 5.92 Å². The number of benzene rings is 2. The summed E-state index contributed by atoms with van der Waals surface area (Å²) in [5.74, 6) is 0.0201. The van der Waals surface area contributed by atoms with Gasteiger partial charge in [0.2, 0.25) is 6.79 Å². The quantitative estimate of drug-likeness (QED) is 0.577. The molecule has 2 atom stereocenters. The van der Waals surface area contributed by atoms with Gasteiger partial charge in [-0.1, -0.05) is 19.1 Å². The van der Waals surface area contributed by atoms with Gasteiger partial charge in [0.25, 0.3) is 0 Å². The molecular formula is C19H16NO8P. The second-order valence-electron chi connectivity index (χ2n) is 7.18. The molecule has 1 fully saturated rings. The summed E-state index contributed by atoms with van der Waals surface area (Å²) in [6.45, 7) is 2.06. The number of fused-ring (bicyclic) bond motifs is 3. The molecule has 0 saturated carbocycles. The molecule has 3 heterocycles. The second-order valence-corrected chi connectivity index (χ2v) is 8.34. The highest BCUT2D eigenvalue weighted by Crippen LogP contribution is 2.53. The summed E-state index contributed by atoms with van der Waals surface area (Å²) in [7, 11) is -4.73. The largest absolute Gasteiger partial charge is 0.524 e. The molecule has 0 radical (unpaired) electrons. The minimum Gasteiger partial charge on any atom is -0.459 e. The van der Waals surface area contributed by atoms with Crippen molar-refractivity contribution in [3.8, 4) is 17.2 Å². The fourth-order valence-electron chi connectivity index (χ4n) is 4.20. The number of carbonyl (C=O) groups excluding carboxylic acids is 1. The number of ether oxygens (including phenoxy) is 3. The summed E-state index contributed by atoms with van der Waals surface area (Å²) in [4.78, 5) is 35.6. The molecule has 150 valence electrons. The first kappa shape index (κ1) is 18.2. The number of esters is 1. The zero-order valence-electron chi connectivity index (χ0n) is 15.2. The number of cyclic esters (lactones) is 1. The van der Waals surface area contributed by atoms with E-state index in [9.17, 15) is 9.36 Å². The molecule has 3 aliphatic heterocycles. The van der Waals surface area contributed by atoms with Crippen LogP contribution in [0.5, 0.6) is 17.2 Å². The molecule has 29 heavy (non-hydrogen) atoms. The van der Waals surface area contributed by atoms with Gasteiger partial charge in [-0.3, -0.25) is 19.6 Å². The molecule has 1 saturated heterocycles. The lowest BCUT2D eigenvalue weighted by atomic mass is 9.64. The molecule has 5 rings (SSSR count). The summed E-state index contributed by atoms with van der Waals surface area (Å²) in [5, 5.41) is 0. The predicted octanol–water partition coefficient (Wildman–Crippen LogP) is 2.45. The van der Waals surface area contributed by atoms with Crippen molar-refractivity contribution in [3.05, 3.63) is 47.5 Å². The normalized spacial score (nSPS) is 24.4. The van der Waals surface area contributed by atoms with Gasteiger partial charge in [-0.2, -0.15) is 0 Å². The molecule has 2 aromatic carbocycles. The summed E-state index contributed by atoms with van der Waals surface area (Å²) in [6, 6.07) is 9.90. The lowest BCUT2D eigenvalue weighted by molar-refractivity contribution is -0.142. The average Bonchev–Trinajstić information content (AvgIpc) is 3.26. The Hall–Kier alpha value is -2.87. The second kappa shape index (κ2) is 6.06. The van der Waals surface area contributed by atoms with Crippen molar-refractivity contribution < 1.29 is 37.9 Å². The number of rotatable bonds is 3. The van der Waals surface area contributed by atoms with Crippen LogP contribution in [-0.4, -0.2) is 34.9 Å². The van der Waals surface area contributed by atoms with Crippen LogP contribution in [0.4, 0.5) is 5.69 Å². The Balaban J connectivity index is 1.72. The fraction of sp³-hybridized carbons (Fsp3) is 0.263. The molecule has 10 heteroatoms. The van der Waals surface area contributed by atoms with E-state index < -0.39 is 25.1 Å². The van der Waals surface area contributed by atoms with Gasteiger partial charge in [0, 0.05) is 11.5 Å². The minimum atomic E-state index is -4.73. The number of hydrogen-bond acceptors (Lipinski definition) is 7. The van der Waals surface area contributed by atoms with Crippen LogP contribution in [0.3, 0.4) is 0 Å². The lowest BCUT2D eigenvalue weighted by Crippen LogP contribution is -2.42. The lowest BCUT2D eigenvalue weighted by Gasteiger charge is -2.38. The molecule has 2 aromatic rings. The Kier molecular flexibility index (Phi) is 3.80. The maximum absolute atomic E-state index is 12.6. The van der Waals surface area contributed by atoms with Crippen molar-refractivity contribution in [2.24, 2.45) is 10.9 Å². The van der Waals surface area contributed by atoms with Gasteiger partial charge in [0.05, 0.1) is 11.4 Å². The van der Waals surface area contributed by atoms with Gasteiger partial charge < -0.3 is 18.7 Å². The Labute approximate surface area is 165 Å². The van der Waals surface area contributed by atoms with Crippen molar-refractivity contribution in [2.75, 3.05) is 13.4 Å². The zero-order chi connectivity index (χ0) is 20.4. The van der Waals surface area contributed by atoms with Crippen LogP contribution in [-0.2, 0) is 19.5 Å². The highest BCUT2D eigenvalue weighted by atomic mass is 31.2. The molecule has 3 aliphatic rings. The summed E-state index contributed by atoms with van der Waals surface area (Å²) in [5.41, 5.74) is 1.64. The van der Waals surface area contributed by atoms with E-state index in [2.05, 4.69) is 4.99 Å². The number of hydrogen-bond donors (Lipinski definition) is 2. The van der Waals surface area contributed by atoms with Crippen LogP contribution < -0.4 is 14.0 Å². The molecule has 0 spiro atoms. The third-order valence-electron chi connectivity index (χ3n) is 5.48. The molecule has 0 amide bonds. The van der Waals surface area contributed by atoms with Gasteiger partial charge >= 0.3 is 13.8 Å². The van der Waals surface area contributed by atoms with Crippen molar-refractivity contribution in [1.82, 2.24) is 0 Å². The summed E-state index contributed by atoms with van der Waals surface area (Å²) >= 11 is 0. The maximum Gasteiger partial charge on any atom is 0.524 e. The van der Waals surface area contributed by atoms with Gasteiger partial charge in [-0.25, -0.2) is 4.57 Å². The van der Waals surface area contributed by atoms with Gasteiger partial charge in [0.1, 0.15) is 18.3 Å². The SMILES string of the molecule is CC1(c2cccc(OP(=O)(O)O)c2)c2cc3c(cc2N=C2COC(=O)C21)OCO3. The maximum atomic E-state index is 12.6. The first-order chi connectivity index (χ1) is 13.8. The van der Waals surface area contributed by atoms with Crippen LogP contribution in [0.25, 0.3) is 0 Å². The van der Waals surface area contributed by atoms with E-state index in [0.29, 0.717) is 28.5 Å². The highest BCUT2D eigenvalue weighted by Gasteiger charge is 2.53. The van der Waals surface area contributed by atoms with Crippen molar-refractivity contribution >= 4 is 25.2 Å². The zero-order valence-corrected chi connectivity index (χ0v) is 16.1. The standard InChI is InChI=1S/C19H16NO8P/c1-19(10-3-2-4-11(5-10)28-29(22,23)24)12-6-15-16(27-9-26-15)7-13(12)20-14-8-25-18(21)17(14)19/h2-7,17H,8-9H2,1H3,(H2,22,23,24). The van der Waals surface area contributed by atoms with Crippen molar-refractivity contribution in [1.29, 1.82) is 0 Å². The van der Waals surface area contributed by atoms with E-state index in [4.69, 9.17) is 28.5 Å². The van der Waals surface area contributed by atoms with Gasteiger partial charge in [-0.05, 0) is 29.3 Å². The van der Waals surface area contributed by atoms with E-state index in [-0.39, 0.29) is 19.1 Å². The molecule has 2 N–H and O–H groups in total. The Morgan fingerprint density at radius 2 is 1.93 bits per heavy atom. The summed E-state index contributed by atoms with van der Waals surface area (Å²) < 4.78 is 32.3. The minimum absolute atomic E-state index is 0.00483. The molecule has 0 bridgehead atoms. The van der Waals surface area contributed by atoms with Crippen LogP contribution in [0.2, 0.25) is 0 Å². The van der Waals surface area contributed by atoms with Gasteiger partial charge in [0.15, 0.2) is 11.5 Å². The highest BCUT2D eigenvalue weighted by molar-refractivity contribution is 7.46. The Bertz CT molecular complexity index is 1120. The van der Waals surface area contributed by atoms with Gasteiger partial charge in [-0.15, -0.1) is 0 Å². The molecule has 0 aromatic heterocycles. The first-order valence-corrected chi connectivity index (χ1v) is 10.3. The first-order valence-electron chi connectivity index (χ1n) is 8.79. The van der Waals surface area contributed by atoms with E-state index in [1.54, 1.807) is 24.3 Å². The number of carbonyl (C=O) groups is 1. The number of nitrogens with zero attached hydrogens (tertiary/aromatic N) is 1. The smallest absolute Gasteiger partial charge is 0.459 e. The third kappa shape index (κ3) is 2.81. The molecule has 2 unspecified atom stereocenters.